The number of hydrogen-bond donors (Lipinski definition) is 1. The van der Waals surface area contributed by atoms with Gasteiger partial charge in [-0.25, -0.2) is 4.98 Å². The van der Waals surface area contributed by atoms with Crippen molar-refractivity contribution in [3.8, 4) is 5.75 Å². The molecule has 1 N–H and O–H groups in total. The largest absolute Gasteiger partial charge is 0.492 e. The Labute approximate surface area is 147 Å². The van der Waals surface area contributed by atoms with E-state index in [2.05, 4.69) is 26.2 Å². The van der Waals surface area contributed by atoms with Crippen LogP contribution in [-0.4, -0.2) is 17.5 Å². The van der Waals surface area contributed by atoms with Gasteiger partial charge in [0.25, 0.3) is 0 Å². The summed E-state index contributed by atoms with van der Waals surface area (Å²) < 4.78 is 6.47. The number of halogens is 2. The predicted molar refractivity (Wildman–Crippen MR) is 92.6 cm³/mol. The molecule has 1 heterocycles. The molecule has 118 valence electrons. The van der Waals surface area contributed by atoms with E-state index in [9.17, 15) is 4.79 Å². The predicted octanol–water partition coefficient (Wildman–Crippen LogP) is 4.34. The Hall–Kier alpha value is -1.11. The van der Waals surface area contributed by atoms with Gasteiger partial charge < -0.3 is 10.1 Å². The molecule has 0 spiro atoms. The average molecular weight is 404 g/mol. The summed E-state index contributed by atoms with van der Waals surface area (Å²) in [6.07, 6.45) is 1.05. The molecule has 4 nitrogen and oxygen atoms in total. The van der Waals surface area contributed by atoms with Crippen LogP contribution in [0.2, 0.25) is 5.02 Å². The molecule has 1 amide bonds. The van der Waals surface area contributed by atoms with Gasteiger partial charge in [-0.2, -0.15) is 0 Å². The highest BCUT2D eigenvalue weighted by Gasteiger charge is 2.05. The van der Waals surface area contributed by atoms with Crippen LogP contribution in [0.3, 0.4) is 0 Å². The van der Waals surface area contributed by atoms with E-state index < -0.39 is 0 Å². The molecule has 1 aromatic carbocycles. The van der Waals surface area contributed by atoms with Crippen molar-refractivity contribution in [1.82, 2.24) is 10.3 Å². The van der Waals surface area contributed by atoms with E-state index in [0.29, 0.717) is 36.8 Å². The summed E-state index contributed by atoms with van der Waals surface area (Å²) in [6.45, 7) is 2.87. The maximum atomic E-state index is 11.7. The fourth-order valence-corrected chi connectivity index (χ4v) is 3.11. The van der Waals surface area contributed by atoms with Crippen LogP contribution in [0.25, 0.3) is 0 Å². The number of thiazole rings is 1. The van der Waals surface area contributed by atoms with E-state index in [-0.39, 0.29) is 5.91 Å². The molecule has 0 bridgehead atoms. The molecule has 2 aromatic rings. The lowest BCUT2D eigenvalue weighted by atomic mass is 10.3. The fraction of sp³-hybridized carbons (Fsp3) is 0.333. The number of carbonyl (C=O) groups is 1. The first kappa shape index (κ1) is 17.2. The van der Waals surface area contributed by atoms with Crippen LogP contribution in [0.15, 0.2) is 28.1 Å². The van der Waals surface area contributed by atoms with Gasteiger partial charge in [0.15, 0.2) is 0 Å². The zero-order chi connectivity index (χ0) is 15.9. The minimum atomic E-state index is -0.00356. The number of carbonyl (C=O) groups excluding carboxylic acids is 1. The van der Waals surface area contributed by atoms with Crippen molar-refractivity contribution in [2.75, 3.05) is 6.61 Å². The Morgan fingerprint density at radius 2 is 2.32 bits per heavy atom. The molecule has 0 aliphatic heterocycles. The first-order chi connectivity index (χ1) is 10.5. The number of nitrogens with zero attached hydrogens (tertiary/aromatic N) is 1. The third kappa shape index (κ3) is 5.59. The second-order valence-electron chi connectivity index (χ2n) is 4.66. The van der Waals surface area contributed by atoms with Crippen molar-refractivity contribution < 1.29 is 9.53 Å². The summed E-state index contributed by atoms with van der Waals surface area (Å²) in [5.74, 6) is 0.624. The topological polar surface area (TPSA) is 51.2 Å². The zero-order valence-corrected chi connectivity index (χ0v) is 15.2. The van der Waals surface area contributed by atoms with Crippen LogP contribution < -0.4 is 10.1 Å². The number of nitrogens with one attached hydrogen (secondary N) is 1. The van der Waals surface area contributed by atoms with E-state index in [1.165, 1.54) is 0 Å². The highest BCUT2D eigenvalue weighted by atomic mass is 79.9. The molecule has 0 aliphatic carbocycles. The fourth-order valence-electron chi connectivity index (χ4n) is 1.77. The number of rotatable bonds is 7. The molecule has 0 fully saturated rings. The Bertz CT molecular complexity index is 648. The second kappa shape index (κ2) is 8.50. The first-order valence-corrected chi connectivity index (χ1v) is 8.85. The lowest BCUT2D eigenvalue weighted by Crippen LogP contribution is -2.23. The van der Waals surface area contributed by atoms with Gasteiger partial charge >= 0.3 is 0 Å². The van der Waals surface area contributed by atoms with E-state index >= 15 is 0 Å². The summed E-state index contributed by atoms with van der Waals surface area (Å²) in [6, 6.07) is 5.44. The standard InChI is InChI=1S/C15H16BrClN2O2S/c1-10-19-12(9-22-10)8-18-15(20)3-2-6-21-14-5-4-11(16)7-13(14)17/h4-5,7,9H,2-3,6,8H2,1H3,(H,18,20). The minimum Gasteiger partial charge on any atom is -0.492 e. The lowest BCUT2D eigenvalue weighted by Gasteiger charge is -2.08. The number of aryl methyl sites for hydroxylation is 1. The van der Waals surface area contributed by atoms with Crippen molar-refractivity contribution in [2.24, 2.45) is 0 Å². The number of aromatic nitrogens is 1. The molecular weight excluding hydrogens is 388 g/mol. The Morgan fingerprint density at radius 3 is 3.00 bits per heavy atom. The first-order valence-electron chi connectivity index (χ1n) is 6.80. The quantitative estimate of drug-likeness (QED) is 0.700. The van der Waals surface area contributed by atoms with Crippen molar-refractivity contribution in [2.45, 2.75) is 26.3 Å². The second-order valence-corrected chi connectivity index (χ2v) is 7.05. The van der Waals surface area contributed by atoms with Crippen molar-refractivity contribution >= 4 is 44.8 Å². The molecule has 0 radical (unpaired) electrons. The lowest BCUT2D eigenvalue weighted by molar-refractivity contribution is -0.121. The molecule has 0 saturated carbocycles. The Kier molecular flexibility index (Phi) is 6.67. The maximum absolute atomic E-state index is 11.7. The van der Waals surface area contributed by atoms with Gasteiger partial charge in [0, 0.05) is 16.3 Å². The van der Waals surface area contributed by atoms with Gasteiger partial charge in [-0.05, 0) is 31.5 Å². The minimum absolute atomic E-state index is 0.00356. The highest BCUT2D eigenvalue weighted by molar-refractivity contribution is 9.10. The van der Waals surface area contributed by atoms with Crippen molar-refractivity contribution in [3.05, 3.63) is 43.8 Å². The van der Waals surface area contributed by atoms with Gasteiger partial charge in [-0.15, -0.1) is 11.3 Å². The van der Waals surface area contributed by atoms with Crippen LogP contribution in [0, 0.1) is 6.92 Å². The summed E-state index contributed by atoms with van der Waals surface area (Å²) in [5.41, 5.74) is 0.897. The van der Waals surface area contributed by atoms with Crippen LogP contribution in [0.5, 0.6) is 5.75 Å². The zero-order valence-electron chi connectivity index (χ0n) is 12.1. The molecule has 7 heteroatoms. The van der Waals surface area contributed by atoms with Crippen LogP contribution >= 0.6 is 38.9 Å². The van der Waals surface area contributed by atoms with Crippen molar-refractivity contribution in [3.63, 3.8) is 0 Å². The van der Waals surface area contributed by atoms with Crippen molar-refractivity contribution in [1.29, 1.82) is 0 Å². The smallest absolute Gasteiger partial charge is 0.220 e. The monoisotopic (exact) mass is 402 g/mol. The van der Waals surface area contributed by atoms with Gasteiger partial charge in [0.05, 0.1) is 28.9 Å². The van der Waals surface area contributed by atoms with Gasteiger partial charge in [0.1, 0.15) is 5.75 Å². The molecule has 2 rings (SSSR count). The summed E-state index contributed by atoms with van der Waals surface area (Å²) in [7, 11) is 0. The number of ether oxygens (including phenoxy) is 1. The third-order valence-electron chi connectivity index (χ3n) is 2.83. The molecule has 0 saturated heterocycles. The molecule has 22 heavy (non-hydrogen) atoms. The number of hydrogen-bond acceptors (Lipinski definition) is 4. The van der Waals surface area contributed by atoms with E-state index in [0.717, 1.165) is 15.2 Å². The molecule has 0 atom stereocenters. The average Bonchev–Trinajstić information content (AvgIpc) is 2.89. The van der Waals surface area contributed by atoms with Gasteiger partial charge in [-0.3, -0.25) is 4.79 Å². The van der Waals surface area contributed by atoms with E-state index in [1.54, 1.807) is 23.5 Å². The molecule has 0 unspecified atom stereocenters. The summed E-state index contributed by atoms with van der Waals surface area (Å²) in [5, 5.41) is 6.36. The van der Waals surface area contributed by atoms with Crippen LogP contribution in [0.4, 0.5) is 0 Å². The molecular formula is C15H16BrClN2O2S. The maximum Gasteiger partial charge on any atom is 0.220 e. The number of amides is 1. The van der Waals surface area contributed by atoms with Gasteiger partial charge in [0.2, 0.25) is 5.91 Å². The molecule has 1 aromatic heterocycles. The Balaban J connectivity index is 1.64. The van der Waals surface area contributed by atoms with E-state index in [1.807, 2.05) is 18.4 Å². The SMILES string of the molecule is Cc1nc(CNC(=O)CCCOc2ccc(Br)cc2Cl)cs1. The number of benzene rings is 1. The van der Waals surface area contributed by atoms with Gasteiger partial charge in [-0.1, -0.05) is 27.5 Å². The molecule has 0 aliphatic rings. The Morgan fingerprint density at radius 1 is 1.50 bits per heavy atom. The summed E-state index contributed by atoms with van der Waals surface area (Å²) >= 11 is 11.0. The van der Waals surface area contributed by atoms with E-state index in [4.69, 9.17) is 16.3 Å². The third-order valence-corrected chi connectivity index (χ3v) is 4.44. The van der Waals surface area contributed by atoms with Crippen LogP contribution in [-0.2, 0) is 11.3 Å². The normalized spacial score (nSPS) is 10.5. The van der Waals surface area contributed by atoms with Crippen LogP contribution in [0.1, 0.15) is 23.5 Å². The summed E-state index contributed by atoms with van der Waals surface area (Å²) in [4.78, 5) is 16.0. The highest BCUT2D eigenvalue weighted by Crippen LogP contribution is 2.27.